The van der Waals surface area contributed by atoms with Crippen molar-refractivity contribution in [3.8, 4) is 0 Å². The van der Waals surface area contributed by atoms with E-state index in [1.165, 1.54) is 12.1 Å². The Morgan fingerprint density at radius 1 is 1.35 bits per heavy atom. The van der Waals surface area contributed by atoms with Gasteiger partial charge in [-0.1, -0.05) is 30.1 Å². The number of benzene rings is 1. The van der Waals surface area contributed by atoms with Crippen LogP contribution >= 0.6 is 23.2 Å². The smallest absolute Gasteiger partial charge is 0.160 e. The van der Waals surface area contributed by atoms with Crippen LogP contribution in [0.5, 0.6) is 0 Å². The first-order chi connectivity index (χ1) is 9.43. The minimum atomic E-state index is -0.634. The third kappa shape index (κ3) is 2.83. The largest absolute Gasteiger partial charge is 0.394 e. The quantitative estimate of drug-likeness (QED) is 0.823. The molecule has 0 amide bonds. The second-order valence-corrected chi connectivity index (χ2v) is 5.26. The first-order valence-corrected chi connectivity index (χ1v) is 6.94. The van der Waals surface area contributed by atoms with Gasteiger partial charge in [0.25, 0.3) is 0 Å². The molecule has 0 saturated heterocycles. The third-order valence-electron chi connectivity index (χ3n) is 2.86. The standard InChI is InChI=1S/C13H15Cl2FN4/c1-3-4-20-13(12(17)7(2)19-20)18-8-5-9(14)11(16)10(15)6-8/h5-6,18H,3-4,17H2,1-2H3. The monoisotopic (exact) mass is 316 g/mol. The summed E-state index contributed by atoms with van der Waals surface area (Å²) in [6, 6.07) is 2.92. The van der Waals surface area contributed by atoms with Gasteiger partial charge in [0.2, 0.25) is 0 Å². The topological polar surface area (TPSA) is 55.9 Å². The van der Waals surface area contributed by atoms with Gasteiger partial charge in [-0.05, 0) is 25.5 Å². The van der Waals surface area contributed by atoms with Gasteiger partial charge in [0.05, 0.1) is 21.4 Å². The highest BCUT2D eigenvalue weighted by Gasteiger charge is 2.14. The molecule has 0 unspecified atom stereocenters. The molecule has 4 nitrogen and oxygen atoms in total. The van der Waals surface area contributed by atoms with E-state index < -0.39 is 5.82 Å². The Morgan fingerprint density at radius 3 is 2.50 bits per heavy atom. The fraction of sp³-hybridized carbons (Fsp3) is 0.308. The zero-order valence-corrected chi connectivity index (χ0v) is 12.7. The zero-order chi connectivity index (χ0) is 14.9. The Labute approximate surface area is 126 Å². The molecule has 0 saturated carbocycles. The van der Waals surface area contributed by atoms with Crippen molar-refractivity contribution in [2.24, 2.45) is 0 Å². The van der Waals surface area contributed by atoms with Gasteiger partial charge in [0.1, 0.15) is 0 Å². The summed E-state index contributed by atoms with van der Waals surface area (Å²) >= 11 is 11.6. The molecule has 2 aromatic rings. The van der Waals surface area contributed by atoms with E-state index in [0.29, 0.717) is 17.2 Å². The average Bonchev–Trinajstić information content (AvgIpc) is 2.64. The first-order valence-electron chi connectivity index (χ1n) is 6.18. The van der Waals surface area contributed by atoms with E-state index in [1.54, 1.807) is 4.68 Å². The number of hydrogen-bond donors (Lipinski definition) is 2. The molecule has 3 N–H and O–H groups in total. The lowest BCUT2D eigenvalue weighted by Crippen LogP contribution is -2.05. The van der Waals surface area contributed by atoms with Crippen molar-refractivity contribution in [3.05, 3.63) is 33.7 Å². The number of nitrogens with two attached hydrogens (primary N) is 1. The van der Waals surface area contributed by atoms with Crippen molar-refractivity contribution in [2.75, 3.05) is 11.1 Å². The van der Waals surface area contributed by atoms with Gasteiger partial charge in [-0.25, -0.2) is 9.07 Å². The van der Waals surface area contributed by atoms with Gasteiger partial charge >= 0.3 is 0 Å². The Morgan fingerprint density at radius 2 is 1.95 bits per heavy atom. The van der Waals surface area contributed by atoms with E-state index in [1.807, 2.05) is 13.8 Å². The van der Waals surface area contributed by atoms with Crippen LogP contribution in [-0.2, 0) is 6.54 Å². The van der Waals surface area contributed by atoms with Crippen LogP contribution in [0.15, 0.2) is 12.1 Å². The fourth-order valence-corrected chi connectivity index (χ4v) is 2.35. The van der Waals surface area contributed by atoms with Crippen LogP contribution in [0, 0.1) is 12.7 Å². The summed E-state index contributed by atoms with van der Waals surface area (Å²) < 4.78 is 15.2. The number of nitrogen functional groups attached to an aromatic ring is 1. The van der Waals surface area contributed by atoms with Crippen molar-refractivity contribution < 1.29 is 4.39 Å². The van der Waals surface area contributed by atoms with Gasteiger partial charge in [0, 0.05) is 12.2 Å². The van der Waals surface area contributed by atoms with E-state index >= 15 is 0 Å². The molecule has 0 aliphatic rings. The molecule has 2 rings (SSSR count). The highest BCUT2D eigenvalue weighted by atomic mass is 35.5. The number of anilines is 3. The molecule has 0 atom stereocenters. The highest BCUT2D eigenvalue weighted by molar-refractivity contribution is 6.35. The number of halogens is 3. The minimum absolute atomic E-state index is 0.0446. The normalized spacial score (nSPS) is 10.8. The maximum Gasteiger partial charge on any atom is 0.160 e. The van der Waals surface area contributed by atoms with Gasteiger partial charge in [-0.3, -0.25) is 0 Å². The minimum Gasteiger partial charge on any atom is -0.394 e. The van der Waals surface area contributed by atoms with Crippen LogP contribution in [0.1, 0.15) is 19.0 Å². The Bertz CT molecular complexity index is 617. The predicted octanol–water partition coefficient (Wildman–Crippen LogP) is 4.37. The van der Waals surface area contributed by atoms with Crippen LogP contribution in [0.4, 0.5) is 21.6 Å². The molecule has 0 spiro atoms. The summed E-state index contributed by atoms with van der Waals surface area (Å²) in [6.45, 7) is 4.60. The van der Waals surface area contributed by atoms with Crippen molar-refractivity contribution in [2.45, 2.75) is 26.8 Å². The molecule has 20 heavy (non-hydrogen) atoms. The lowest BCUT2D eigenvalue weighted by Gasteiger charge is -2.11. The number of nitrogens with one attached hydrogen (secondary N) is 1. The second kappa shape index (κ2) is 5.89. The van der Waals surface area contributed by atoms with Crippen molar-refractivity contribution in [3.63, 3.8) is 0 Å². The molecule has 7 heteroatoms. The molecule has 0 bridgehead atoms. The van der Waals surface area contributed by atoms with E-state index in [-0.39, 0.29) is 10.0 Å². The Balaban J connectivity index is 2.39. The molecule has 108 valence electrons. The maximum absolute atomic E-state index is 13.4. The predicted molar refractivity (Wildman–Crippen MR) is 81.4 cm³/mol. The lowest BCUT2D eigenvalue weighted by molar-refractivity contribution is 0.605. The zero-order valence-electron chi connectivity index (χ0n) is 11.2. The summed E-state index contributed by atoms with van der Waals surface area (Å²) in [6.07, 6.45) is 0.917. The van der Waals surface area contributed by atoms with Crippen LogP contribution in [0.25, 0.3) is 0 Å². The molecule has 0 radical (unpaired) electrons. The maximum atomic E-state index is 13.4. The Hall–Kier alpha value is -1.46. The van der Waals surface area contributed by atoms with Crippen LogP contribution in [0.2, 0.25) is 10.0 Å². The Kier molecular flexibility index (Phi) is 4.40. The van der Waals surface area contributed by atoms with Crippen LogP contribution in [-0.4, -0.2) is 9.78 Å². The molecular weight excluding hydrogens is 302 g/mol. The van der Waals surface area contributed by atoms with Gasteiger partial charge in [-0.15, -0.1) is 0 Å². The van der Waals surface area contributed by atoms with Crippen LogP contribution in [0.3, 0.4) is 0 Å². The summed E-state index contributed by atoms with van der Waals surface area (Å²) in [4.78, 5) is 0. The van der Waals surface area contributed by atoms with Gasteiger partial charge < -0.3 is 11.1 Å². The number of hydrogen-bond acceptors (Lipinski definition) is 3. The molecule has 1 aromatic carbocycles. The van der Waals surface area contributed by atoms with Gasteiger partial charge in [-0.2, -0.15) is 5.10 Å². The average molecular weight is 317 g/mol. The van der Waals surface area contributed by atoms with Crippen molar-refractivity contribution in [1.29, 1.82) is 0 Å². The third-order valence-corrected chi connectivity index (χ3v) is 3.41. The van der Waals surface area contributed by atoms with Gasteiger partial charge in [0.15, 0.2) is 11.6 Å². The summed E-state index contributed by atoms with van der Waals surface area (Å²) in [5.74, 6) is 0.0215. The van der Waals surface area contributed by atoms with E-state index in [2.05, 4.69) is 10.4 Å². The fourth-order valence-electron chi connectivity index (χ4n) is 1.87. The number of rotatable bonds is 4. The molecule has 0 aliphatic carbocycles. The molecule has 1 aromatic heterocycles. The number of aryl methyl sites for hydroxylation is 2. The SMILES string of the molecule is CCCn1nc(C)c(N)c1Nc1cc(Cl)c(F)c(Cl)c1. The van der Waals surface area contributed by atoms with E-state index in [9.17, 15) is 4.39 Å². The van der Waals surface area contributed by atoms with E-state index in [0.717, 1.165) is 18.7 Å². The second-order valence-electron chi connectivity index (χ2n) is 4.45. The summed E-state index contributed by atoms with van der Waals surface area (Å²) in [5, 5.41) is 7.35. The molecule has 0 fully saturated rings. The highest BCUT2D eigenvalue weighted by Crippen LogP contribution is 2.31. The molecular formula is C13H15Cl2FN4. The van der Waals surface area contributed by atoms with Crippen LogP contribution < -0.4 is 11.1 Å². The van der Waals surface area contributed by atoms with Crippen molar-refractivity contribution in [1.82, 2.24) is 9.78 Å². The number of nitrogens with zero attached hydrogens (tertiary/aromatic N) is 2. The summed E-state index contributed by atoms with van der Waals surface area (Å²) in [5.41, 5.74) is 7.85. The summed E-state index contributed by atoms with van der Waals surface area (Å²) in [7, 11) is 0. The van der Waals surface area contributed by atoms with Crippen molar-refractivity contribution >= 4 is 40.4 Å². The molecule has 0 aliphatic heterocycles. The van der Waals surface area contributed by atoms with E-state index in [4.69, 9.17) is 28.9 Å². The first kappa shape index (κ1) is 14.9. The lowest BCUT2D eigenvalue weighted by atomic mass is 10.3. The number of aromatic nitrogens is 2. The molecule has 1 heterocycles.